The molecule has 1 aromatic carbocycles. The van der Waals surface area contributed by atoms with Crippen LogP contribution >= 0.6 is 0 Å². The molecule has 2 aliphatic heterocycles. The topological polar surface area (TPSA) is 76.2 Å². The normalized spacial score (nSPS) is 20.7. The molecule has 0 atom stereocenters. The summed E-state index contributed by atoms with van der Waals surface area (Å²) < 4.78 is 38.8. The second-order valence-electron chi connectivity index (χ2n) is 7.03. The van der Waals surface area contributed by atoms with Crippen molar-refractivity contribution in [2.24, 2.45) is 5.92 Å². The lowest BCUT2D eigenvalue weighted by molar-refractivity contribution is -0.143. The number of ether oxygens (including phenoxy) is 2. The minimum atomic E-state index is -3.68. The molecule has 0 N–H and O–H groups in total. The highest BCUT2D eigenvalue weighted by atomic mass is 32.2. The number of hydrogen-bond acceptors (Lipinski definition) is 5. The lowest BCUT2D eigenvalue weighted by Crippen LogP contribution is -2.56. The van der Waals surface area contributed by atoms with Gasteiger partial charge in [-0.2, -0.15) is 4.31 Å². The molecule has 2 aliphatic rings. The molecule has 0 radical (unpaired) electrons. The summed E-state index contributed by atoms with van der Waals surface area (Å²) in [6.45, 7) is 5.45. The minimum Gasteiger partial charge on any atom is -0.497 e. The number of methoxy groups -OCH3 is 1. The van der Waals surface area contributed by atoms with Gasteiger partial charge in [0.1, 0.15) is 11.5 Å². The van der Waals surface area contributed by atoms with Crippen molar-refractivity contribution in [2.75, 3.05) is 33.4 Å². The molecule has 1 spiro atoms. The summed E-state index contributed by atoms with van der Waals surface area (Å²) in [5.74, 6) is 0.645. The Morgan fingerprint density at radius 3 is 2.31 bits per heavy atom. The van der Waals surface area contributed by atoms with Crippen LogP contribution in [0.15, 0.2) is 29.2 Å². The van der Waals surface area contributed by atoms with Gasteiger partial charge < -0.3 is 14.4 Å². The fourth-order valence-electron chi connectivity index (χ4n) is 3.64. The Bertz CT molecular complexity index is 752. The highest BCUT2D eigenvalue weighted by molar-refractivity contribution is 7.89. The van der Waals surface area contributed by atoms with Crippen molar-refractivity contribution in [1.82, 2.24) is 9.21 Å². The number of benzene rings is 1. The molecule has 0 aliphatic carbocycles. The number of sulfonamides is 1. The van der Waals surface area contributed by atoms with Crippen molar-refractivity contribution < 1.29 is 22.7 Å². The van der Waals surface area contributed by atoms with Crippen LogP contribution in [0.2, 0.25) is 0 Å². The van der Waals surface area contributed by atoms with Crippen molar-refractivity contribution >= 4 is 15.9 Å². The summed E-state index contributed by atoms with van der Waals surface area (Å²) >= 11 is 0. The van der Waals surface area contributed by atoms with Crippen LogP contribution in [-0.2, 0) is 19.6 Å². The fraction of sp³-hybridized carbons (Fsp3) is 0.611. The maximum Gasteiger partial charge on any atom is 0.245 e. The third kappa shape index (κ3) is 3.33. The molecule has 144 valence electrons. The zero-order valence-corrected chi connectivity index (χ0v) is 16.3. The molecular formula is C18H26N2O5S. The van der Waals surface area contributed by atoms with Crippen LogP contribution in [0.25, 0.3) is 0 Å². The van der Waals surface area contributed by atoms with Crippen molar-refractivity contribution in [3.05, 3.63) is 24.3 Å². The van der Waals surface area contributed by atoms with Gasteiger partial charge in [0.05, 0.1) is 18.6 Å². The highest BCUT2D eigenvalue weighted by Crippen LogP contribution is 2.38. The van der Waals surface area contributed by atoms with Crippen molar-refractivity contribution in [2.45, 2.75) is 37.3 Å². The SMILES string of the molecule is COc1ccc(S(=O)(=O)N2CCOC23CCN(C(=O)C(C)C)CC3)cc1. The van der Waals surface area contributed by atoms with Crippen molar-refractivity contribution in [3.63, 3.8) is 0 Å². The molecule has 0 saturated carbocycles. The van der Waals surface area contributed by atoms with Gasteiger partial charge >= 0.3 is 0 Å². The number of nitrogens with zero attached hydrogens (tertiary/aromatic N) is 2. The van der Waals surface area contributed by atoms with Crippen LogP contribution in [-0.4, -0.2) is 62.6 Å². The first kappa shape index (κ1) is 19.1. The summed E-state index contributed by atoms with van der Waals surface area (Å²) in [6, 6.07) is 6.38. The Balaban J connectivity index is 1.80. The van der Waals surface area contributed by atoms with Gasteiger partial charge in [-0.1, -0.05) is 13.8 Å². The number of amides is 1. The number of carbonyl (C=O) groups is 1. The summed E-state index contributed by atoms with van der Waals surface area (Å²) in [4.78, 5) is 14.2. The summed E-state index contributed by atoms with van der Waals surface area (Å²) in [5, 5.41) is 0. The van der Waals surface area contributed by atoms with E-state index in [4.69, 9.17) is 9.47 Å². The second kappa shape index (κ2) is 7.17. The van der Waals surface area contributed by atoms with E-state index < -0.39 is 15.7 Å². The minimum absolute atomic E-state index is 0.0623. The Kier molecular flexibility index (Phi) is 5.28. The van der Waals surface area contributed by atoms with Crippen LogP contribution in [0, 0.1) is 5.92 Å². The fourth-order valence-corrected chi connectivity index (χ4v) is 5.37. The Labute approximate surface area is 154 Å². The monoisotopic (exact) mass is 382 g/mol. The molecule has 0 bridgehead atoms. The van der Waals surface area contributed by atoms with E-state index in [-0.39, 0.29) is 16.7 Å². The van der Waals surface area contributed by atoms with E-state index in [2.05, 4.69) is 0 Å². The predicted octanol–water partition coefficient (Wildman–Crippen LogP) is 1.69. The van der Waals surface area contributed by atoms with Gasteiger partial charge in [0.2, 0.25) is 15.9 Å². The van der Waals surface area contributed by atoms with Gasteiger partial charge in [0.25, 0.3) is 0 Å². The molecule has 7 nitrogen and oxygen atoms in total. The van der Waals surface area contributed by atoms with E-state index in [1.807, 2.05) is 13.8 Å². The van der Waals surface area contributed by atoms with E-state index in [1.54, 1.807) is 36.3 Å². The predicted molar refractivity (Wildman–Crippen MR) is 96.2 cm³/mol. The van der Waals surface area contributed by atoms with Gasteiger partial charge in [-0.05, 0) is 24.3 Å². The van der Waals surface area contributed by atoms with Gasteiger partial charge in [0.15, 0.2) is 0 Å². The molecule has 0 aromatic heterocycles. The van der Waals surface area contributed by atoms with E-state index in [1.165, 1.54) is 4.31 Å². The second-order valence-corrected chi connectivity index (χ2v) is 8.89. The van der Waals surface area contributed by atoms with Crippen LogP contribution in [0.4, 0.5) is 0 Å². The molecule has 0 unspecified atom stereocenters. The lowest BCUT2D eigenvalue weighted by atomic mass is 9.99. The smallest absolute Gasteiger partial charge is 0.245 e. The average molecular weight is 382 g/mol. The number of piperidine rings is 1. The first-order valence-corrected chi connectivity index (χ1v) is 10.3. The summed E-state index contributed by atoms with van der Waals surface area (Å²) in [5.41, 5.74) is -0.855. The molecule has 2 fully saturated rings. The molecule has 1 aromatic rings. The maximum atomic E-state index is 13.2. The summed E-state index contributed by atoms with van der Waals surface area (Å²) in [7, 11) is -2.14. The molecule has 2 saturated heterocycles. The molecule has 2 heterocycles. The lowest BCUT2D eigenvalue weighted by Gasteiger charge is -2.43. The number of rotatable bonds is 4. The number of carbonyl (C=O) groups excluding carboxylic acids is 1. The maximum absolute atomic E-state index is 13.2. The van der Waals surface area contributed by atoms with Gasteiger partial charge in [-0.15, -0.1) is 0 Å². The van der Waals surface area contributed by atoms with E-state index in [0.29, 0.717) is 44.8 Å². The average Bonchev–Trinajstić information content (AvgIpc) is 3.05. The third-order valence-electron chi connectivity index (χ3n) is 5.12. The summed E-state index contributed by atoms with van der Waals surface area (Å²) in [6.07, 6.45) is 0.974. The zero-order valence-electron chi connectivity index (χ0n) is 15.5. The largest absolute Gasteiger partial charge is 0.497 e. The number of likely N-dealkylation sites (tertiary alicyclic amines) is 1. The first-order valence-electron chi connectivity index (χ1n) is 8.90. The van der Waals surface area contributed by atoms with E-state index >= 15 is 0 Å². The van der Waals surface area contributed by atoms with Gasteiger partial charge in [-0.25, -0.2) is 8.42 Å². The quantitative estimate of drug-likeness (QED) is 0.792. The van der Waals surface area contributed by atoms with Crippen molar-refractivity contribution in [3.8, 4) is 5.75 Å². The van der Waals surface area contributed by atoms with Crippen LogP contribution in [0.5, 0.6) is 5.75 Å². The van der Waals surface area contributed by atoms with E-state index in [9.17, 15) is 13.2 Å². The molecule has 3 rings (SSSR count). The Hall–Kier alpha value is -1.64. The molecule has 26 heavy (non-hydrogen) atoms. The number of hydrogen-bond donors (Lipinski definition) is 0. The van der Waals surface area contributed by atoms with Gasteiger partial charge in [-0.3, -0.25) is 4.79 Å². The van der Waals surface area contributed by atoms with Gasteiger partial charge in [0, 0.05) is 38.4 Å². The standard InChI is InChI=1S/C18H26N2O5S/c1-14(2)17(21)19-10-8-18(9-11-19)20(12-13-25-18)26(22,23)16-6-4-15(24-3)5-7-16/h4-7,14H,8-13H2,1-3H3. The Morgan fingerprint density at radius 2 is 1.77 bits per heavy atom. The third-order valence-corrected chi connectivity index (χ3v) is 7.08. The first-order chi connectivity index (χ1) is 12.3. The molecule has 1 amide bonds. The van der Waals surface area contributed by atoms with E-state index in [0.717, 1.165) is 0 Å². The highest BCUT2D eigenvalue weighted by Gasteiger charge is 2.51. The van der Waals surface area contributed by atoms with Crippen LogP contribution < -0.4 is 4.74 Å². The van der Waals surface area contributed by atoms with Crippen molar-refractivity contribution in [1.29, 1.82) is 0 Å². The van der Waals surface area contributed by atoms with Crippen LogP contribution in [0.3, 0.4) is 0 Å². The molecular weight excluding hydrogens is 356 g/mol. The zero-order chi connectivity index (χ0) is 18.9. The van der Waals surface area contributed by atoms with Crippen LogP contribution in [0.1, 0.15) is 26.7 Å². The molecule has 8 heteroatoms. The Morgan fingerprint density at radius 1 is 1.15 bits per heavy atom.